The Labute approximate surface area is 94.6 Å². The summed E-state index contributed by atoms with van der Waals surface area (Å²) in [5.74, 6) is 1.17. The lowest BCUT2D eigenvalue weighted by Gasteiger charge is -2.23. The van der Waals surface area contributed by atoms with Crippen molar-refractivity contribution in [3.05, 3.63) is 35.9 Å². The molecule has 0 spiro atoms. The van der Waals surface area contributed by atoms with Gasteiger partial charge in [-0.1, -0.05) is 6.08 Å². The van der Waals surface area contributed by atoms with E-state index in [-0.39, 0.29) is 5.82 Å². The van der Waals surface area contributed by atoms with Gasteiger partial charge >= 0.3 is 0 Å². The molecule has 1 fully saturated rings. The summed E-state index contributed by atoms with van der Waals surface area (Å²) < 4.78 is 13.1. The zero-order valence-corrected chi connectivity index (χ0v) is 9.12. The Kier molecular flexibility index (Phi) is 2.48. The van der Waals surface area contributed by atoms with E-state index in [2.05, 4.69) is 16.4 Å². The van der Waals surface area contributed by atoms with Crippen LogP contribution in [0.15, 0.2) is 24.5 Å². The van der Waals surface area contributed by atoms with Crippen LogP contribution in [-0.4, -0.2) is 18.1 Å². The highest BCUT2D eigenvalue weighted by molar-refractivity contribution is 5.66. The topological polar surface area (TPSA) is 24.9 Å². The van der Waals surface area contributed by atoms with E-state index in [1.165, 1.54) is 18.2 Å². The largest absolute Gasteiger partial charge is 0.316 e. The Balaban J connectivity index is 1.90. The number of allylic oxidation sites excluding steroid dienone is 1. The molecule has 2 aliphatic rings. The first-order valence-electron chi connectivity index (χ1n) is 5.85. The second-order valence-electron chi connectivity index (χ2n) is 4.70. The van der Waals surface area contributed by atoms with Crippen LogP contribution in [0, 0.1) is 17.7 Å². The van der Waals surface area contributed by atoms with Gasteiger partial charge in [0.25, 0.3) is 0 Å². The highest BCUT2D eigenvalue weighted by atomic mass is 19.1. The van der Waals surface area contributed by atoms with Crippen molar-refractivity contribution < 1.29 is 4.39 Å². The summed E-state index contributed by atoms with van der Waals surface area (Å²) in [5, 5.41) is 3.41. The van der Waals surface area contributed by atoms with Gasteiger partial charge in [0.2, 0.25) is 0 Å². The van der Waals surface area contributed by atoms with Crippen molar-refractivity contribution in [3.63, 3.8) is 0 Å². The van der Waals surface area contributed by atoms with Crippen LogP contribution in [0.3, 0.4) is 0 Å². The summed E-state index contributed by atoms with van der Waals surface area (Å²) in [5.41, 5.74) is 2.21. The van der Waals surface area contributed by atoms with E-state index < -0.39 is 0 Å². The average Bonchev–Trinajstić information content (AvgIpc) is 2.75. The fraction of sp³-hybridized carbons (Fsp3) is 0.462. The van der Waals surface area contributed by atoms with Gasteiger partial charge in [-0.2, -0.15) is 0 Å². The summed E-state index contributed by atoms with van der Waals surface area (Å²) in [6, 6.07) is 1.58. The monoisotopic (exact) mass is 218 g/mol. The predicted octanol–water partition coefficient (Wildman–Crippen LogP) is 2.23. The number of fused-ring (bicyclic) bond motifs is 1. The third kappa shape index (κ3) is 1.76. The number of nitrogens with zero attached hydrogens (tertiary/aromatic N) is 1. The molecule has 1 aromatic rings. The number of hydrogen-bond donors (Lipinski definition) is 1. The van der Waals surface area contributed by atoms with Crippen molar-refractivity contribution in [2.45, 2.75) is 12.8 Å². The molecule has 2 nitrogen and oxygen atoms in total. The average molecular weight is 218 g/mol. The van der Waals surface area contributed by atoms with Gasteiger partial charge in [-0.3, -0.25) is 4.98 Å². The molecule has 0 amide bonds. The zero-order chi connectivity index (χ0) is 11.0. The van der Waals surface area contributed by atoms with Crippen molar-refractivity contribution in [1.29, 1.82) is 0 Å². The molecule has 1 N–H and O–H groups in total. The lowest BCUT2D eigenvalue weighted by Crippen LogP contribution is -2.15. The molecule has 1 aromatic heterocycles. The second-order valence-corrected chi connectivity index (χ2v) is 4.70. The minimum atomic E-state index is -0.245. The smallest absolute Gasteiger partial charge is 0.142 e. The fourth-order valence-corrected chi connectivity index (χ4v) is 2.78. The number of hydrogen-bond acceptors (Lipinski definition) is 2. The van der Waals surface area contributed by atoms with Crippen LogP contribution in [0.4, 0.5) is 4.39 Å². The van der Waals surface area contributed by atoms with E-state index in [1.807, 2.05) is 0 Å². The number of halogens is 1. The first-order valence-corrected chi connectivity index (χ1v) is 5.85. The van der Waals surface area contributed by atoms with E-state index in [0.29, 0.717) is 5.92 Å². The van der Waals surface area contributed by atoms with E-state index in [9.17, 15) is 4.39 Å². The van der Waals surface area contributed by atoms with Crippen molar-refractivity contribution in [1.82, 2.24) is 10.3 Å². The standard InChI is InChI=1S/C13H15FN2/c14-13-4-12(7-16-8-13)9-1-2-10-5-15-6-11(10)3-9/h3-4,7-8,10-11,15H,1-2,5-6H2/t10-,11+/m0/s1. The number of nitrogens with one attached hydrogen (secondary N) is 1. The fourth-order valence-electron chi connectivity index (χ4n) is 2.78. The Morgan fingerprint density at radius 2 is 2.25 bits per heavy atom. The van der Waals surface area contributed by atoms with Crippen molar-refractivity contribution in [3.8, 4) is 0 Å². The molecule has 3 heteroatoms. The molecular formula is C13H15FN2. The minimum Gasteiger partial charge on any atom is -0.316 e. The van der Waals surface area contributed by atoms with Gasteiger partial charge in [0, 0.05) is 12.7 Å². The third-order valence-electron chi connectivity index (χ3n) is 3.67. The lowest BCUT2D eigenvalue weighted by atomic mass is 9.81. The number of rotatable bonds is 1. The molecule has 1 aliphatic heterocycles. The van der Waals surface area contributed by atoms with Gasteiger partial charge in [-0.25, -0.2) is 4.39 Å². The van der Waals surface area contributed by atoms with Crippen molar-refractivity contribution in [2.24, 2.45) is 11.8 Å². The first kappa shape index (κ1) is 9.97. The van der Waals surface area contributed by atoms with Gasteiger partial charge in [-0.05, 0) is 48.4 Å². The minimum absolute atomic E-state index is 0.245. The van der Waals surface area contributed by atoms with Crippen molar-refractivity contribution >= 4 is 5.57 Å². The molecule has 0 unspecified atom stereocenters. The van der Waals surface area contributed by atoms with Gasteiger partial charge in [0.15, 0.2) is 0 Å². The van der Waals surface area contributed by atoms with Crippen LogP contribution >= 0.6 is 0 Å². The van der Waals surface area contributed by atoms with Crippen LogP contribution in [-0.2, 0) is 0 Å². The van der Waals surface area contributed by atoms with Gasteiger partial charge in [-0.15, -0.1) is 0 Å². The maximum Gasteiger partial charge on any atom is 0.142 e. The van der Waals surface area contributed by atoms with E-state index in [0.717, 1.165) is 31.0 Å². The van der Waals surface area contributed by atoms with Crippen LogP contribution in [0.25, 0.3) is 5.57 Å². The SMILES string of the molecule is Fc1cncc(C2=C[C@@H]3CNC[C@@H]3CC2)c1. The molecule has 1 aliphatic carbocycles. The maximum absolute atomic E-state index is 13.1. The van der Waals surface area contributed by atoms with Crippen LogP contribution < -0.4 is 5.32 Å². The van der Waals surface area contributed by atoms with E-state index in [1.54, 1.807) is 12.3 Å². The molecule has 3 rings (SSSR count). The quantitative estimate of drug-likeness (QED) is 0.782. The Morgan fingerprint density at radius 1 is 1.31 bits per heavy atom. The lowest BCUT2D eigenvalue weighted by molar-refractivity contribution is 0.448. The summed E-state index contributed by atoms with van der Waals surface area (Å²) in [6.07, 6.45) is 7.59. The summed E-state index contributed by atoms with van der Waals surface area (Å²) >= 11 is 0. The van der Waals surface area contributed by atoms with Crippen LogP contribution in [0.1, 0.15) is 18.4 Å². The molecule has 2 atom stereocenters. The third-order valence-corrected chi connectivity index (χ3v) is 3.67. The van der Waals surface area contributed by atoms with Gasteiger partial charge in [0.05, 0.1) is 6.20 Å². The first-order chi connectivity index (χ1) is 7.83. The van der Waals surface area contributed by atoms with Gasteiger partial charge in [0.1, 0.15) is 5.82 Å². The molecule has 2 heterocycles. The zero-order valence-electron chi connectivity index (χ0n) is 9.12. The van der Waals surface area contributed by atoms with Gasteiger partial charge < -0.3 is 5.32 Å². The normalized spacial score (nSPS) is 28.7. The van der Waals surface area contributed by atoms with E-state index >= 15 is 0 Å². The summed E-state index contributed by atoms with van der Waals surface area (Å²) in [7, 11) is 0. The molecule has 1 saturated heterocycles. The highest BCUT2D eigenvalue weighted by Crippen LogP contribution is 2.35. The maximum atomic E-state index is 13.1. The summed E-state index contributed by atoms with van der Waals surface area (Å²) in [4.78, 5) is 3.91. The molecule has 0 bridgehead atoms. The Bertz CT molecular complexity index is 428. The number of pyridine rings is 1. The van der Waals surface area contributed by atoms with Crippen molar-refractivity contribution in [2.75, 3.05) is 13.1 Å². The molecule has 0 saturated carbocycles. The molecule has 0 radical (unpaired) electrons. The second kappa shape index (κ2) is 3.98. The Morgan fingerprint density at radius 3 is 3.12 bits per heavy atom. The predicted molar refractivity (Wildman–Crippen MR) is 61.3 cm³/mol. The summed E-state index contributed by atoms with van der Waals surface area (Å²) in [6.45, 7) is 2.20. The molecular weight excluding hydrogens is 203 g/mol. The van der Waals surface area contributed by atoms with E-state index in [4.69, 9.17) is 0 Å². The molecule has 84 valence electrons. The number of aromatic nitrogens is 1. The van der Waals surface area contributed by atoms with Crippen LogP contribution in [0.5, 0.6) is 0 Å². The molecule has 0 aromatic carbocycles. The van der Waals surface area contributed by atoms with Crippen LogP contribution in [0.2, 0.25) is 0 Å². The Hall–Kier alpha value is -1.22. The highest BCUT2D eigenvalue weighted by Gasteiger charge is 2.29. The molecule has 16 heavy (non-hydrogen) atoms.